The van der Waals surface area contributed by atoms with Crippen molar-refractivity contribution < 1.29 is 23.8 Å². The summed E-state index contributed by atoms with van der Waals surface area (Å²) in [6.45, 7) is 5.36. The van der Waals surface area contributed by atoms with Gasteiger partial charge in [-0.1, -0.05) is 0 Å². The van der Waals surface area contributed by atoms with Gasteiger partial charge >= 0.3 is 12.1 Å². The van der Waals surface area contributed by atoms with Crippen LogP contribution in [-0.4, -0.2) is 43.5 Å². The normalized spacial score (nSPS) is 16.9. The number of hydrogen-bond acceptors (Lipinski definition) is 5. The molecule has 0 aromatic carbocycles. The van der Waals surface area contributed by atoms with Crippen molar-refractivity contribution in [2.45, 2.75) is 51.4 Å². The molecule has 18 heavy (non-hydrogen) atoms. The van der Waals surface area contributed by atoms with E-state index in [1.165, 1.54) is 7.11 Å². The van der Waals surface area contributed by atoms with E-state index in [1.54, 1.807) is 20.8 Å². The fourth-order valence-corrected chi connectivity index (χ4v) is 1.23. The van der Waals surface area contributed by atoms with Crippen LogP contribution >= 0.6 is 0 Å². The predicted octanol–water partition coefficient (Wildman–Crippen LogP) is 1.23. The number of amides is 1. The maximum atomic E-state index is 11.6. The average molecular weight is 259 g/mol. The zero-order chi connectivity index (χ0) is 13.8. The van der Waals surface area contributed by atoms with Gasteiger partial charge in [-0.2, -0.15) is 0 Å². The van der Waals surface area contributed by atoms with Gasteiger partial charge in [0, 0.05) is 0 Å². The van der Waals surface area contributed by atoms with Gasteiger partial charge in [0.25, 0.3) is 0 Å². The van der Waals surface area contributed by atoms with Crippen molar-refractivity contribution in [2.24, 2.45) is 0 Å². The molecule has 1 aliphatic carbocycles. The second-order valence-corrected chi connectivity index (χ2v) is 5.25. The van der Waals surface area contributed by atoms with Crippen molar-refractivity contribution in [1.29, 1.82) is 0 Å². The van der Waals surface area contributed by atoms with Gasteiger partial charge in [0.1, 0.15) is 5.60 Å². The summed E-state index contributed by atoms with van der Waals surface area (Å²) in [6.07, 6.45) is 1.55. The van der Waals surface area contributed by atoms with Crippen LogP contribution in [0.5, 0.6) is 0 Å². The summed E-state index contributed by atoms with van der Waals surface area (Å²) >= 11 is 0. The average Bonchev–Trinajstić information content (AvgIpc) is 3.04. The molecular formula is C12H21NO5. The van der Waals surface area contributed by atoms with E-state index in [-0.39, 0.29) is 12.7 Å². The molecule has 104 valence electrons. The molecule has 0 radical (unpaired) electrons. The second kappa shape index (κ2) is 6.04. The lowest BCUT2D eigenvalue weighted by Gasteiger charge is -2.22. The fourth-order valence-electron chi connectivity index (χ4n) is 1.23. The molecule has 0 aromatic heterocycles. The number of rotatable bonds is 5. The number of esters is 1. The number of alkyl carbamates (subject to hydrolysis) is 1. The molecule has 1 atom stereocenters. The summed E-state index contributed by atoms with van der Waals surface area (Å²) in [4.78, 5) is 23.0. The molecule has 0 saturated heterocycles. The Kier molecular flexibility index (Phi) is 4.95. The lowest BCUT2D eigenvalue weighted by molar-refractivity contribution is -0.144. The quantitative estimate of drug-likeness (QED) is 0.752. The predicted molar refractivity (Wildman–Crippen MR) is 64.1 cm³/mol. The molecule has 1 unspecified atom stereocenters. The van der Waals surface area contributed by atoms with E-state index < -0.39 is 23.7 Å². The maximum Gasteiger partial charge on any atom is 0.408 e. The minimum absolute atomic E-state index is 0.108. The van der Waals surface area contributed by atoms with E-state index in [1.807, 2.05) is 0 Å². The van der Waals surface area contributed by atoms with Crippen molar-refractivity contribution in [3.8, 4) is 0 Å². The summed E-state index contributed by atoms with van der Waals surface area (Å²) in [5.74, 6) is -0.540. The molecule has 1 saturated carbocycles. The number of methoxy groups -OCH3 is 1. The van der Waals surface area contributed by atoms with Gasteiger partial charge in [0.15, 0.2) is 6.04 Å². The Balaban J connectivity index is 2.43. The Morgan fingerprint density at radius 3 is 2.39 bits per heavy atom. The van der Waals surface area contributed by atoms with Gasteiger partial charge in [-0.05, 0) is 33.6 Å². The number of nitrogens with one attached hydrogen (secondary N) is 1. The van der Waals surface area contributed by atoms with Gasteiger partial charge in [-0.15, -0.1) is 0 Å². The highest BCUT2D eigenvalue weighted by molar-refractivity contribution is 5.81. The van der Waals surface area contributed by atoms with E-state index in [0.29, 0.717) is 0 Å². The molecule has 1 N–H and O–H groups in total. The summed E-state index contributed by atoms with van der Waals surface area (Å²) < 4.78 is 15.1. The first-order valence-electron chi connectivity index (χ1n) is 6.01. The number of carbonyl (C=O) groups is 2. The van der Waals surface area contributed by atoms with Crippen LogP contribution in [0.3, 0.4) is 0 Å². The number of ether oxygens (including phenoxy) is 3. The first kappa shape index (κ1) is 14.8. The Hall–Kier alpha value is -1.30. The summed E-state index contributed by atoms with van der Waals surface area (Å²) in [6, 6.07) is -0.828. The first-order chi connectivity index (χ1) is 8.31. The van der Waals surface area contributed by atoms with Crippen LogP contribution < -0.4 is 5.32 Å². The first-order valence-corrected chi connectivity index (χ1v) is 6.01. The third-order valence-electron chi connectivity index (χ3n) is 2.20. The third-order valence-corrected chi connectivity index (χ3v) is 2.20. The van der Waals surface area contributed by atoms with Crippen LogP contribution in [0.25, 0.3) is 0 Å². The highest BCUT2D eigenvalue weighted by atomic mass is 16.6. The highest BCUT2D eigenvalue weighted by Crippen LogP contribution is 2.23. The van der Waals surface area contributed by atoms with Gasteiger partial charge in [-0.25, -0.2) is 9.59 Å². The standard InChI is InChI=1S/C12H21NO5/c1-12(2,3)18-11(15)13-9(10(14)16-4)7-17-8-5-6-8/h8-9H,5-7H2,1-4H3,(H,13,15). The Bertz CT molecular complexity index is 306. The minimum Gasteiger partial charge on any atom is -0.467 e. The molecule has 6 heteroatoms. The van der Waals surface area contributed by atoms with Gasteiger partial charge in [0.05, 0.1) is 19.8 Å². The third kappa shape index (κ3) is 5.86. The SMILES string of the molecule is COC(=O)C(COC1CC1)NC(=O)OC(C)(C)C. The van der Waals surface area contributed by atoms with Crippen LogP contribution in [0.4, 0.5) is 4.79 Å². The number of carbonyl (C=O) groups excluding carboxylic acids is 2. The highest BCUT2D eigenvalue weighted by Gasteiger charge is 2.29. The molecule has 0 bridgehead atoms. The van der Waals surface area contributed by atoms with Crippen molar-refractivity contribution in [3.05, 3.63) is 0 Å². The molecular weight excluding hydrogens is 238 g/mol. The van der Waals surface area contributed by atoms with Gasteiger partial charge in [0.2, 0.25) is 0 Å². The maximum absolute atomic E-state index is 11.6. The van der Waals surface area contributed by atoms with Crippen molar-refractivity contribution >= 4 is 12.1 Å². The Morgan fingerprint density at radius 1 is 1.33 bits per heavy atom. The largest absolute Gasteiger partial charge is 0.467 e. The molecule has 0 heterocycles. The van der Waals surface area contributed by atoms with Crippen molar-refractivity contribution in [1.82, 2.24) is 5.32 Å². The Morgan fingerprint density at radius 2 is 1.94 bits per heavy atom. The topological polar surface area (TPSA) is 73.9 Å². The molecule has 1 amide bonds. The van der Waals surface area contributed by atoms with E-state index >= 15 is 0 Å². The van der Waals surface area contributed by atoms with Gasteiger partial charge < -0.3 is 19.5 Å². The lowest BCUT2D eigenvalue weighted by atomic mass is 10.2. The van der Waals surface area contributed by atoms with E-state index in [2.05, 4.69) is 10.1 Å². The Labute approximate surface area is 107 Å². The van der Waals surface area contributed by atoms with Gasteiger partial charge in [-0.3, -0.25) is 0 Å². The van der Waals surface area contributed by atoms with Crippen LogP contribution in [0.2, 0.25) is 0 Å². The van der Waals surface area contributed by atoms with Crippen LogP contribution in [-0.2, 0) is 19.0 Å². The molecule has 0 aromatic rings. The second-order valence-electron chi connectivity index (χ2n) is 5.25. The van der Waals surface area contributed by atoms with E-state index in [0.717, 1.165) is 12.8 Å². The fraction of sp³-hybridized carbons (Fsp3) is 0.833. The lowest BCUT2D eigenvalue weighted by Crippen LogP contribution is -2.46. The summed E-state index contributed by atoms with van der Waals surface area (Å²) in [7, 11) is 1.27. The molecule has 1 aliphatic rings. The smallest absolute Gasteiger partial charge is 0.408 e. The van der Waals surface area contributed by atoms with E-state index in [4.69, 9.17) is 9.47 Å². The van der Waals surface area contributed by atoms with Crippen LogP contribution in [0, 0.1) is 0 Å². The zero-order valence-electron chi connectivity index (χ0n) is 11.3. The van der Waals surface area contributed by atoms with Crippen molar-refractivity contribution in [2.75, 3.05) is 13.7 Å². The molecule has 0 aliphatic heterocycles. The summed E-state index contributed by atoms with van der Waals surface area (Å²) in [5.41, 5.74) is -0.609. The molecule has 1 fully saturated rings. The molecule has 6 nitrogen and oxygen atoms in total. The zero-order valence-corrected chi connectivity index (χ0v) is 11.3. The van der Waals surface area contributed by atoms with E-state index in [9.17, 15) is 9.59 Å². The summed E-state index contributed by atoms with van der Waals surface area (Å²) in [5, 5.41) is 2.45. The van der Waals surface area contributed by atoms with Crippen LogP contribution in [0.1, 0.15) is 33.6 Å². The molecule has 1 rings (SSSR count). The molecule has 0 spiro atoms. The minimum atomic E-state index is -0.828. The van der Waals surface area contributed by atoms with Crippen molar-refractivity contribution in [3.63, 3.8) is 0 Å². The monoisotopic (exact) mass is 259 g/mol. The van der Waals surface area contributed by atoms with Crippen LogP contribution in [0.15, 0.2) is 0 Å². The number of hydrogen-bond donors (Lipinski definition) is 1.